The molecule has 1 aromatic heterocycles. The number of ether oxygens (including phenoxy) is 1. The Bertz CT molecular complexity index is 412. The Morgan fingerprint density at radius 1 is 1.69 bits per heavy atom. The van der Waals surface area contributed by atoms with E-state index in [1.54, 1.807) is 0 Å². The van der Waals surface area contributed by atoms with Crippen LogP contribution in [0.2, 0.25) is 0 Å². The zero-order chi connectivity index (χ0) is 12.3. The van der Waals surface area contributed by atoms with Gasteiger partial charge in [-0.3, -0.25) is 0 Å². The van der Waals surface area contributed by atoms with Crippen LogP contribution < -0.4 is 10.5 Å². The number of nitrogens with zero attached hydrogens (tertiary/aromatic N) is 2. The molecule has 0 fully saturated rings. The molecule has 1 rings (SSSR count). The number of methoxy groups -OCH3 is 1. The molecule has 0 aliphatic rings. The maximum absolute atomic E-state index is 12.5. The predicted octanol–water partition coefficient (Wildman–Crippen LogP) is 1.39. The van der Waals surface area contributed by atoms with Crippen molar-refractivity contribution in [3.05, 3.63) is 27.4 Å². The fraction of sp³-hybridized carbons (Fsp3) is 0.375. The largest absolute Gasteiger partial charge is 0.489 e. The van der Waals surface area contributed by atoms with Crippen LogP contribution in [0.3, 0.4) is 0 Å². The van der Waals surface area contributed by atoms with Gasteiger partial charge < -0.3 is 20.6 Å². The molecule has 6 nitrogen and oxygen atoms in total. The molecule has 0 atom stereocenters. The lowest BCUT2D eigenvalue weighted by Crippen LogP contribution is -2.08. The average Bonchev–Trinajstić information content (AvgIpc) is 2.26. The Labute approximate surface area is 89.2 Å². The van der Waals surface area contributed by atoms with Crippen molar-refractivity contribution in [3.8, 4) is 5.75 Å². The monoisotopic (exact) mass is 233 g/mol. The van der Waals surface area contributed by atoms with Crippen LogP contribution in [-0.4, -0.2) is 17.0 Å². The van der Waals surface area contributed by atoms with E-state index in [0.29, 0.717) is 0 Å². The molecule has 88 valence electrons. The highest BCUT2D eigenvalue weighted by molar-refractivity contribution is 5.44. The lowest BCUT2D eigenvalue weighted by atomic mass is 10.2. The molecule has 16 heavy (non-hydrogen) atoms. The van der Waals surface area contributed by atoms with Gasteiger partial charge in [-0.2, -0.15) is 0 Å². The van der Waals surface area contributed by atoms with Gasteiger partial charge in [0.25, 0.3) is 0 Å². The first-order chi connectivity index (χ1) is 7.51. The molecule has 0 saturated carbocycles. The highest BCUT2D eigenvalue weighted by Crippen LogP contribution is 2.31. The minimum absolute atomic E-state index is 0.0254. The van der Waals surface area contributed by atoms with Gasteiger partial charge in [-0.15, -0.1) is 0 Å². The number of nitro groups is 1. The SMILES string of the molecule is COc1cc(CN)c(C(F)F)nc1[N+](=O)[O-]. The number of alkyl halides is 2. The van der Waals surface area contributed by atoms with Crippen molar-refractivity contribution in [1.29, 1.82) is 0 Å². The molecule has 0 bridgehead atoms. The third-order valence-corrected chi connectivity index (χ3v) is 1.90. The predicted molar refractivity (Wildman–Crippen MR) is 50.3 cm³/mol. The van der Waals surface area contributed by atoms with Crippen LogP contribution in [0, 0.1) is 10.1 Å². The van der Waals surface area contributed by atoms with Gasteiger partial charge in [0.1, 0.15) is 0 Å². The topological polar surface area (TPSA) is 91.3 Å². The number of pyridine rings is 1. The van der Waals surface area contributed by atoms with Crippen LogP contribution in [0.25, 0.3) is 0 Å². The van der Waals surface area contributed by atoms with Crippen LogP contribution in [0.5, 0.6) is 5.75 Å². The second-order valence-electron chi connectivity index (χ2n) is 2.82. The van der Waals surface area contributed by atoms with Gasteiger partial charge in [-0.05, 0) is 16.0 Å². The third kappa shape index (κ3) is 2.22. The quantitative estimate of drug-likeness (QED) is 0.626. The Balaban J connectivity index is 3.40. The summed E-state index contributed by atoms with van der Waals surface area (Å²) in [5, 5.41) is 10.5. The zero-order valence-electron chi connectivity index (χ0n) is 8.31. The van der Waals surface area contributed by atoms with E-state index in [1.165, 1.54) is 7.11 Å². The molecule has 0 unspecified atom stereocenters. The number of halogens is 2. The number of hydrogen-bond donors (Lipinski definition) is 1. The summed E-state index contributed by atoms with van der Waals surface area (Å²) in [7, 11) is 1.19. The molecule has 8 heteroatoms. The summed E-state index contributed by atoms with van der Waals surface area (Å²) in [5.41, 5.74) is 4.58. The molecule has 0 aliphatic carbocycles. The van der Waals surface area contributed by atoms with E-state index in [1.807, 2.05) is 0 Å². The standard InChI is InChI=1S/C8H9F2N3O3/c1-16-5-2-4(3-11)6(7(9)10)12-8(5)13(14)15/h2,7H,3,11H2,1H3. The minimum atomic E-state index is -2.91. The van der Waals surface area contributed by atoms with Gasteiger partial charge in [0.2, 0.25) is 11.4 Å². The van der Waals surface area contributed by atoms with E-state index in [2.05, 4.69) is 9.72 Å². The van der Waals surface area contributed by atoms with Crippen molar-refractivity contribution in [2.75, 3.05) is 7.11 Å². The van der Waals surface area contributed by atoms with Gasteiger partial charge in [0.15, 0.2) is 0 Å². The highest BCUT2D eigenvalue weighted by atomic mass is 19.3. The van der Waals surface area contributed by atoms with Crippen molar-refractivity contribution in [2.24, 2.45) is 5.73 Å². The summed E-state index contributed by atoms with van der Waals surface area (Å²) in [6, 6.07) is 1.10. The van der Waals surface area contributed by atoms with Gasteiger partial charge in [0.05, 0.1) is 7.11 Å². The smallest absolute Gasteiger partial charge is 0.406 e. The molecule has 0 amide bonds. The van der Waals surface area contributed by atoms with Crippen molar-refractivity contribution >= 4 is 5.82 Å². The molecule has 0 saturated heterocycles. The van der Waals surface area contributed by atoms with Crippen LogP contribution in [-0.2, 0) is 6.54 Å². The van der Waals surface area contributed by atoms with E-state index in [4.69, 9.17) is 5.73 Å². The number of hydrogen-bond acceptors (Lipinski definition) is 5. The number of rotatable bonds is 4. The molecule has 1 aromatic rings. The third-order valence-electron chi connectivity index (χ3n) is 1.90. The van der Waals surface area contributed by atoms with Crippen LogP contribution in [0.1, 0.15) is 17.7 Å². The van der Waals surface area contributed by atoms with E-state index >= 15 is 0 Å². The summed E-state index contributed by atoms with van der Waals surface area (Å²) < 4.78 is 29.7. The van der Waals surface area contributed by atoms with Crippen LogP contribution in [0.15, 0.2) is 6.07 Å². The van der Waals surface area contributed by atoms with Gasteiger partial charge >= 0.3 is 12.2 Å². The van der Waals surface area contributed by atoms with Crippen molar-refractivity contribution in [3.63, 3.8) is 0 Å². The zero-order valence-corrected chi connectivity index (χ0v) is 8.31. The molecular weight excluding hydrogens is 224 g/mol. The molecule has 0 aromatic carbocycles. The Morgan fingerprint density at radius 2 is 2.31 bits per heavy atom. The van der Waals surface area contributed by atoms with Gasteiger partial charge in [-0.1, -0.05) is 0 Å². The second kappa shape index (κ2) is 4.79. The van der Waals surface area contributed by atoms with Crippen molar-refractivity contribution in [2.45, 2.75) is 13.0 Å². The maximum Gasteiger partial charge on any atom is 0.406 e. The normalized spacial score (nSPS) is 10.6. The van der Waals surface area contributed by atoms with E-state index in [9.17, 15) is 18.9 Å². The number of aromatic nitrogens is 1. The molecule has 0 spiro atoms. The molecule has 0 aliphatic heterocycles. The van der Waals surface area contributed by atoms with Crippen molar-refractivity contribution in [1.82, 2.24) is 4.98 Å². The van der Waals surface area contributed by atoms with E-state index < -0.39 is 22.9 Å². The summed E-state index contributed by atoms with van der Waals surface area (Å²) in [5.74, 6) is -0.926. The summed E-state index contributed by atoms with van der Waals surface area (Å²) >= 11 is 0. The highest BCUT2D eigenvalue weighted by Gasteiger charge is 2.27. The molecule has 2 N–H and O–H groups in total. The van der Waals surface area contributed by atoms with E-state index in [0.717, 1.165) is 6.07 Å². The summed E-state index contributed by atoms with van der Waals surface area (Å²) in [6.07, 6.45) is -2.91. The maximum atomic E-state index is 12.5. The first-order valence-electron chi connectivity index (χ1n) is 4.21. The fourth-order valence-electron chi connectivity index (χ4n) is 1.17. The van der Waals surface area contributed by atoms with Gasteiger partial charge in [0, 0.05) is 12.1 Å². The van der Waals surface area contributed by atoms with Crippen LogP contribution >= 0.6 is 0 Å². The molecule has 1 heterocycles. The number of nitrogens with two attached hydrogens (primary N) is 1. The summed E-state index contributed by atoms with van der Waals surface area (Å²) in [4.78, 5) is 12.9. The fourth-order valence-corrected chi connectivity index (χ4v) is 1.17. The van der Waals surface area contributed by atoms with Gasteiger partial charge in [-0.25, -0.2) is 8.78 Å². The lowest BCUT2D eigenvalue weighted by molar-refractivity contribution is -0.390. The molecular formula is C8H9F2N3O3. The average molecular weight is 233 g/mol. The van der Waals surface area contributed by atoms with E-state index in [-0.39, 0.29) is 17.9 Å². The lowest BCUT2D eigenvalue weighted by Gasteiger charge is -2.06. The second-order valence-corrected chi connectivity index (χ2v) is 2.82. The Morgan fingerprint density at radius 3 is 2.69 bits per heavy atom. The van der Waals surface area contributed by atoms with Crippen molar-refractivity contribution < 1.29 is 18.4 Å². The first kappa shape index (κ1) is 12.2. The molecule has 0 radical (unpaired) electrons. The Kier molecular flexibility index (Phi) is 3.67. The van der Waals surface area contributed by atoms with Crippen LogP contribution in [0.4, 0.5) is 14.6 Å². The summed E-state index contributed by atoms with van der Waals surface area (Å²) in [6.45, 7) is -0.193. The minimum Gasteiger partial charge on any atom is -0.489 e. The first-order valence-corrected chi connectivity index (χ1v) is 4.21. The Hall–Kier alpha value is -1.83.